The molecule has 0 radical (unpaired) electrons. The summed E-state index contributed by atoms with van der Waals surface area (Å²) in [6, 6.07) is 3.03. The molecule has 4 heteroatoms. The minimum absolute atomic E-state index is 0.128. The predicted molar refractivity (Wildman–Crippen MR) is 46.0 cm³/mol. The second kappa shape index (κ2) is 3.20. The van der Waals surface area contributed by atoms with Crippen LogP contribution in [0, 0.1) is 11.6 Å². The Hall–Kier alpha value is -1.16. The van der Waals surface area contributed by atoms with E-state index < -0.39 is 17.2 Å². The van der Waals surface area contributed by atoms with Crippen LogP contribution in [0.15, 0.2) is 18.2 Å². The summed E-state index contributed by atoms with van der Waals surface area (Å²) >= 11 is 0. The molecule has 1 aliphatic rings. The molecule has 0 amide bonds. The quantitative estimate of drug-likeness (QED) is 0.807. The molecule has 0 aromatic heterocycles. The van der Waals surface area contributed by atoms with E-state index in [0.717, 1.165) is 18.2 Å². The number of hydrogen-bond donors (Lipinski definition) is 1. The first kappa shape index (κ1) is 9.40. The van der Waals surface area contributed by atoms with E-state index in [9.17, 15) is 8.78 Å². The van der Waals surface area contributed by atoms with Gasteiger partial charge >= 0.3 is 0 Å². The van der Waals surface area contributed by atoms with E-state index in [1.165, 1.54) is 0 Å². The highest BCUT2D eigenvalue weighted by Crippen LogP contribution is 2.40. The first-order chi connectivity index (χ1) is 6.65. The third-order valence-electron chi connectivity index (χ3n) is 2.32. The average molecular weight is 200 g/mol. The molecule has 1 aromatic rings. The smallest absolute Gasteiger partial charge is 0.165 e. The van der Waals surface area contributed by atoms with Gasteiger partial charge in [-0.2, -0.15) is 0 Å². The topological polar surface area (TPSA) is 29.5 Å². The van der Waals surface area contributed by atoms with Gasteiger partial charge in [0, 0.05) is 6.07 Å². The Bertz CT molecular complexity index is 348. The van der Waals surface area contributed by atoms with Gasteiger partial charge in [0.1, 0.15) is 11.4 Å². The molecule has 2 nitrogen and oxygen atoms in total. The van der Waals surface area contributed by atoms with E-state index in [0.29, 0.717) is 12.8 Å². The lowest BCUT2D eigenvalue weighted by Gasteiger charge is -2.15. The highest BCUT2D eigenvalue weighted by Gasteiger charge is 2.45. The zero-order valence-corrected chi connectivity index (χ0v) is 7.46. The largest absolute Gasteiger partial charge is 0.482 e. The van der Waals surface area contributed by atoms with Crippen molar-refractivity contribution in [2.45, 2.75) is 18.4 Å². The number of aliphatic hydroxyl groups is 1. The molecule has 0 aliphatic heterocycles. The monoisotopic (exact) mass is 200 g/mol. The maximum Gasteiger partial charge on any atom is 0.165 e. The fourth-order valence-electron chi connectivity index (χ4n) is 1.22. The van der Waals surface area contributed by atoms with E-state index in [4.69, 9.17) is 9.84 Å². The molecule has 0 bridgehead atoms. The molecule has 2 rings (SSSR count). The zero-order chi connectivity index (χ0) is 10.2. The van der Waals surface area contributed by atoms with Crippen molar-refractivity contribution >= 4 is 0 Å². The number of hydrogen-bond acceptors (Lipinski definition) is 2. The molecule has 0 spiro atoms. The normalized spacial score (nSPS) is 17.9. The lowest BCUT2D eigenvalue weighted by molar-refractivity contribution is 0.0910. The maximum atomic E-state index is 13.1. The van der Waals surface area contributed by atoms with Crippen LogP contribution in [0.5, 0.6) is 5.75 Å². The van der Waals surface area contributed by atoms with Crippen molar-refractivity contribution in [3.05, 3.63) is 29.8 Å². The Kier molecular flexibility index (Phi) is 2.15. The Morgan fingerprint density at radius 2 is 2.07 bits per heavy atom. The van der Waals surface area contributed by atoms with E-state index in [-0.39, 0.29) is 12.4 Å². The minimum atomic E-state index is -0.672. The number of aliphatic hydroxyl groups excluding tert-OH is 1. The van der Waals surface area contributed by atoms with Gasteiger partial charge in [0.2, 0.25) is 0 Å². The van der Waals surface area contributed by atoms with Gasteiger partial charge in [0.05, 0.1) is 6.61 Å². The Morgan fingerprint density at radius 3 is 2.64 bits per heavy atom. The molecule has 0 unspecified atom stereocenters. The van der Waals surface area contributed by atoms with Gasteiger partial charge in [-0.3, -0.25) is 0 Å². The molecule has 0 atom stereocenters. The van der Waals surface area contributed by atoms with Crippen LogP contribution in [0.2, 0.25) is 0 Å². The van der Waals surface area contributed by atoms with Crippen molar-refractivity contribution in [2.75, 3.05) is 6.61 Å². The molecule has 1 aliphatic carbocycles. The van der Waals surface area contributed by atoms with Crippen LogP contribution < -0.4 is 4.74 Å². The van der Waals surface area contributed by atoms with Crippen LogP contribution >= 0.6 is 0 Å². The number of halogens is 2. The predicted octanol–water partition coefficient (Wildman–Crippen LogP) is 1.87. The third-order valence-corrected chi connectivity index (χ3v) is 2.32. The van der Waals surface area contributed by atoms with E-state index in [1.54, 1.807) is 0 Å². The second-order valence-corrected chi connectivity index (χ2v) is 3.52. The molecule has 1 aromatic carbocycles. The summed E-state index contributed by atoms with van der Waals surface area (Å²) in [4.78, 5) is 0. The maximum absolute atomic E-state index is 13.1. The highest BCUT2D eigenvalue weighted by molar-refractivity contribution is 5.26. The molecule has 0 saturated heterocycles. The van der Waals surface area contributed by atoms with E-state index in [2.05, 4.69) is 0 Å². The van der Waals surface area contributed by atoms with Gasteiger partial charge in [0.25, 0.3) is 0 Å². The molecular formula is C10H10F2O2. The van der Waals surface area contributed by atoms with Crippen LogP contribution in [0.4, 0.5) is 8.78 Å². The van der Waals surface area contributed by atoms with Gasteiger partial charge in [-0.15, -0.1) is 0 Å². The summed E-state index contributed by atoms with van der Waals surface area (Å²) in [7, 11) is 0. The van der Waals surface area contributed by atoms with Crippen molar-refractivity contribution in [3.8, 4) is 5.75 Å². The van der Waals surface area contributed by atoms with Crippen molar-refractivity contribution in [1.29, 1.82) is 0 Å². The molecule has 1 saturated carbocycles. The molecular weight excluding hydrogens is 190 g/mol. The fourth-order valence-corrected chi connectivity index (χ4v) is 1.22. The standard InChI is InChI=1S/C10H10F2O2/c11-7-1-2-8(12)9(5-7)14-10(6-13)3-4-10/h1-2,5,13H,3-4,6H2. The van der Waals surface area contributed by atoms with Gasteiger partial charge in [-0.05, 0) is 25.0 Å². The summed E-state index contributed by atoms with van der Waals surface area (Å²) in [6.07, 6.45) is 1.36. The fraction of sp³-hybridized carbons (Fsp3) is 0.400. The summed E-state index contributed by atoms with van der Waals surface area (Å²) in [5.41, 5.74) is -0.672. The second-order valence-electron chi connectivity index (χ2n) is 3.52. The number of benzene rings is 1. The first-order valence-electron chi connectivity index (χ1n) is 4.40. The van der Waals surface area contributed by atoms with E-state index >= 15 is 0 Å². The average Bonchev–Trinajstić information content (AvgIpc) is 2.92. The van der Waals surface area contributed by atoms with Crippen molar-refractivity contribution in [2.24, 2.45) is 0 Å². The molecule has 1 N–H and O–H groups in total. The number of rotatable bonds is 3. The van der Waals surface area contributed by atoms with Gasteiger partial charge in [-0.1, -0.05) is 0 Å². The van der Waals surface area contributed by atoms with Crippen LogP contribution in [-0.4, -0.2) is 17.3 Å². The lowest BCUT2D eigenvalue weighted by Crippen LogP contribution is -2.23. The summed E-state index contributed by atoms with van der Waals surface area (Å²) in [5, 5.41) is 8.94. The third kappa shape index (κ3) is 1.70. The Balaban J connectivity index is 2.20. The lowest BCUT2D eigenvalue weighted by atomic mass is 10.3. The molecule has 76 valence electrons. The van der Waals surface area contributed by atoms with Crippen LogP contribution in [0.1, 0.15) is 12.8 Å². The van der Waals surface area contributed by atoms with Crippen molar-refractivity contribution in [1.82, 2.24) is 0 Å². The minimum Gasteiger partial charge on any atom is -0.482 e. The Morgan fingerprint density at radius 1 is 1.36 bits per heavy atom. The zero-order valence-electron chi connectivity index (χ0n) is 7.46. The molecule has 1 fully saturated rings. The van der Waals surface area contributed by atoms with Crippen LogP contribution in [-0.2, 0) is 0 Å². The number of ether oxygens (including phenoxy) is 1. The summed E-state index contributed by atoms with van der Waals surface area (Å²) < 4.78 is 31.0. The van der Waals surface area contributed by atoms with Crippen LogP contribution in [0.25, 0.3) is 0 Å². The van der Waals surface area contributed by atoms with Gasteiger partial charge in [0.15, 0.2) is 11.6 Å². The highest BCUT2D eigenvalue weighted by atomic mass is 19.1. The van der Waals surface area contributed by atoms with E-state index in [1.807, 2.05) is 0 Å². The summed E-state index contributed by atoms with van der Waals surface area (Å²) in [6.45, 7) is -0.164. The van der Waals surface area contributed by atoms with Gasteiger partial charge < -0.3 is 9.84 Å². The van der Waals surface area contributed by atoms with Gasteiger partial charge in [-0.25, -0.2) is 8.78 Å². The van der Waals surface area contributed by atoms with Crippen LogP contribution in [0.3, 0.4) is 0 Å². The first-order valence-corrected chi connectivity index (χ1v) is 4.40. The van der Waals surface area contributed by atoms with Crippen molar-refractivity contribution in [3.63, 3.8) is 0 Å². The van der Waals surface area contributed by atoms with Crippen molar-refractivity contribution < 1.29 is 18.6 Å². The Labute approximate surface area is 80.1 Å². The summed E-state index contributed by atoms with van der Waals surface area (Å²) in [5.74, 6) is -1.28. The molecule has 0 heterocycles. The molecule has 14 heavy (non-hydrogen) atoms. The SMILES string of the molecule is OCC1(Oc2cc(F)ccc2F)CC1.